The molecule has 0 heterocycles. The second-order valence-corrected chi connectivity index (χ2v) is 7.61. The summed E-state index contributed by atoms with van der Waals surface area (Å²) in [5, 5.41) is 0. The van der Waals surface area contributed by atoms with Crippen LogP contribution in [0.2, 0.25) is 0 Å². The van der Waals surface area contributed by atoms with Gasteiger partial charge in [0.05, 0.1) is 0 Å². The van der Waals surface area contributed by atoms with E-state index in [9.17, 15) is 0 Å². The zero-order valence-corrected chi connectivity index (χ0v) is 16.6. The van der Waals surface area contributed by atoms with Gasteiger partial charge in [-0.15, -0.1) is 6.58 Å². The molecule has 0 spiro atoms. The molecular formula is C27H30. The van der Waals surface area contributed by atoms with Crippen LogP contribution in [0.15, 0.2) is 104 Å². The molecule has 0 N–H and O–H groups in total. The van der Waals surface area contributed by atoms with E-state index in [1.54, 1.807) is 0 Å². The Morgan fingerprint density at radius 2 is 1.56 bits per heavy atom. The molecule has 0 aromatic heterocycles. The van der Waals surface area contributed by atoms with Crippen LogP contribution in [0.1, 0.15) is 44.2 Å². The Bertz CT molecular complexity index is 838. The Morgan fingerprint density at radius 3 is 2.19 bits per heavy atom. The second kappa shape index (κ2) is 8.39. The predicted octanol–water partition coefficient (Wildman–Crippen LogP) is 7.52. The summed E-state index contributed by atoms with van der Waals surface area (Å²) in [5.41, 5.74) is 3.64. The molecule has 0 amide bonds. The van der Waals surface area contributed by atoms with Crippen molar-refractivity contribution in [3.05, 3.63) is 115 Å². The molecule has 1 aliphatic carbocycles. The highest BCUT2D eigenvalue weighted by Gasteiger charge is 2.36. The SMILES string of the molecule is C=CC1(CC=CCCC)C=CC(C)(c2ccccc2)C=C1c1ccccc1. The summed E-state index contributed by atoms with van der Waals surface area (Å²) < 4.78 is 0. The fraction of sp³-hybridized carbons (Fsp3) is 0.259. The molecule has 0 aliphatic heterocycles. The first-order chi connectivity index (χ1) is 13.1. The van der Waals surface area contributed by atoms with Gasteiger partial charge in [-0.25, -0.2) is 0 Å². The summed E-state index contributed by atoms with van der Waals surface area (Å²) in [7, 11) is 0. The zero-order chi connectivity index (χ0) is 19.2. The first kappa shape index (κ1) is 19.2. The van der Waals surface area contributed by atoms with Gasteiger partial charge in [0, 0.05) is 10.8 Å². The lowest BCUT2D eigenvalue weighted by Gasteiger charge is -2.38. The molecule has 0 radical (unpaired) electrons. The maximum atomic E-state index is 4.23. The Kier molecular flexibility index (Phi) is 5.96. The second-order valence-electron chi connectivity index (χ2n) is 7.61. The molecule has 0 fully saturated rings. The molecule has 0 saturated carbocycles. The first-order valence-electron chi connectivity index (χ1n) is 9.97. The van der Waals surface area contributed by atoms with Gasteiger partial charge < -0.3 is 0 Å². The van der Waals surface area contributed by atoms with Crippen molar-refractivity contribution in [1.29, 1.82) is 0 Å². The summed E-state index contributed by atoms with van der Waals surface area (Å²) in [5.74, 6) is 0. The van der Waals surface area contributed by atoms with E-state index in [1.807, 2.05) is 0 Å². The van der Waals surface area contributed by atoms with Gasteiger partial charge in [-0.2, -0.15) is 0 Å². The Labute approximate surface area is 164 Å². The number of unbranched alkanes of at least 4 members (excludes halogenated alkanes) is 1. The van der Waals surface area contributed by atoms with Crippen molar-refractivity contribution in [3.8, 4) is 0 Å². The van der Waals surface area contributed by atoms with Crippen LogP contribution in [0.4, 0.5) is 0 Å². The highest BCUT2D eigenvalue weighted by molar-refractivity contribution is 5.78. The van der Waals surface area contributed by atoms with Crippen LogP contribution in [-0.2, 0) is 5.41 Å². The topological polar surface area (TPSA) is 0 Å². The van der Waals surface area contributed by atoms with E-state index in [0.29, 0.717) is 0 Å². The molecule has 0 bridgehead atoms. The van der Waals surface area contributed by atoms with E-state index >= 15 is 0 Å². The Hall–Kier alpha value is -2.60. The van der Waals surface area contributed by atoms with Gasteiger partial charge in [0.2, 0.25) is 0 Å². The van der Waals surface area contributed by atoms with E-state index in [1.165, 1.54) is 23.1 Å². The smallest absolute Gasteiger partial charge is 0.0347 e. The van der Waals surface area contributed by atoms with E-state index in [0.717, 1.165) is 12.8 Å². The molecule has 0 heteroatoms. The van der Waals surface area contributed by atoms with Crippen molar-refractivity contribution in [2.45, 2.75) is 38.5 Å². The van der Waals surface area contributed by atoms with Crippen molar-refractivity contribution >= 4 is 5.57 Å². The van der Waals surface area contributed by atoms with Crippen LogP contribution < -0.4 is 0 Å². The maximum Gasteiger partial charge on any atom is 0.0347 e. The third kappa shape index (κ3) is 4.06. The molecule has 2 atom stereocenters. The Balaban J connectivity index is 2.09. The third-order valence-electron chi connectivity index (χ3n) is 5.60. The van der Waals surface area contributed by atoms with E-state index in [2.05, 4.69) is 118 Å². The minimum atomic E-state index is -0.167. The lowest BCUT2D eigenvalue weighted by Crippen LogP contribution is -2.27. The molecule has 0 nitrogen and oxygen atoms in total. The number of allylic oxidation sites excluding steroid dienone is 7. The summed E-state index contributed by atoms with van der Waals surface area (Å²) in [6.45, 7) is 8.74. The van der Waals surface area contributed by atoms with Crippen LogP contribution in [0, 0.1) is 5.41 Å². The quantitative estimate of drug-likeness (QED) is 0.451. The number of rotatable bonds is 7. The van der Waals surface area contributed by atoms with Crippen molar-refractivity contribution in [2.75, 3.05) is 0 Å². The normalized spacial score (nSPS) is 24.7. The molecule has 138 valence electrons. The fourth-order valence-corrected chi connectivity index (χ4v) is 3.84. The van der Waals surface area contributed by atoms with Crippen molar-refractivity contribution in [1.82, 2.24) is 0 Å². The van der Waals surface area contributed by atoms with Crippen molar-refractivity contribution in [2.24, 2.45) is 5.41 Å². The Morgan fingerprint density at radius 1 is 0.889 bits per heavy atom. The predicted molar refractivity (Wildman–Crippen MR) is 119 cm³/mol. The van der Waals surface area contributed by atoms with Crippen molar-refractivity contribution in [3.63, 3.8) is 0 Å². The molecule has 2 aromatic carbocycles. The van der Waals surface area contributed by atoms with E-state index < -0.39 is 0 Å². The van der Waals surface area contributed by atoms with Gasteiger partial charge in [-0.3, -0.25) is 0 Å². The summed E-state index contributed by atoms with van der Waals surface area (Å²) >= 11 is 0. The van der Waals surface area contributed by atoms with Gasteiger partial charge in [-0.1, -0.05) is 110 Å². The molecular weight excluding hydrogens is 324 g/mol. The standard InChI is InChI=1S/C27H30/c1-4-6-7-14-19-27(5-2)21-20-26(3,24-17-12-9-13-18-24)22-25(27)23-15-10-8-11-16-23/h5,7-18,20-22H,2,4,6,19H2,1,3H3. The summed E-state index contributed by atoms with van der Waals surface area (Å²) in [6.07, 6.45) is 17.1. The van der Waals surface area contributed by atoms with Gasteiger partial charge >= 0.3 is 0 Å². The van der Waals surface area contributed by atoms with Gasteiger partial charge in [0.25, 0.3) is 0 Å². The van der Waals surface area contributed by atoms with Crippen LogP contribution in [-0.4, -0.2) is 0 Å². The maximum absolute atomic E-state index is 4.23. The van der Waals surface area contributed by atoms with E-state index in [-0.39, 0.29) is 10.8 Å². The van der Waals surface area contributed by atoms with Gasteiger partial charge in [-0.05, 0) is 36.5 Å². The van der Waals surface area contributed by atoms with Crippen LogP contribution in [0.25, 0.3) is 5.57 Å². The first-order valence-corrected chi connectivity index (χ1v) is 9.97. The molecule has 1 aliphatic rings. The largest absolute Gasteiger partial charge is 0.102 e. The van der Waals surface area contributed by atoms with Crippen LogP contribution >= 0.6 is 0 Å². The average molecular weight is 355 g/mol. The van der Waals surface area contributed by atoms with Gasteiger partial charge in [0.15, 0.2) is 0 Å². The zero-order valence-electron chi connectivity index (χ0n) is 16.6. The minimum absolute atomic E-state index is 0.119. The third-order valence-corrected chi connectivity index (χ3v) is 5.60. The molecule has 27 heavy (non-hydrogen) atoms. The number of hydrogen-bond donors (Lipinski definition) is 0. The number of hydrogen-bond acceptors (Lipinski definition) is 0. The lowest BCUT2D eigenvalue weighted by molar-refractivity contribution is 0.615. The lowest BCUT2D eigenvalue weighted by atomic mass is 9.65. The van der Waals surface area contributed by atoms with Crippen LogP contribution in [0.5, 0.6) is 0 Å². The monoisotopic (exact) mass is 354 g/mol. The highest BCUT2D eigenvalue weighted by Crippen LogP contribution is 2.48. The van der Waals surface area contributed by atoms with Crippen LogP contribution in [0.3, 0.4) is 0 Å². The van der Waals surface area contributed by atoms with Gasteiger partial charge in [0.1, 0.15) is 0 Å². The fourth-order valence-electron chi connectivity index (χ4n) is 3.84. The van der Waals surface area contributed by atoms with E-state index in [4.69, 9.17) is 0 Å². The molecule has 3 rings (SSSR count). The highest BCUT2D eigenvalue weighted by atomic mass is 14.4. The van der Waals surface area contributed by atoms with Crippen molar-refractivity contribution < 1.29 is 0 Å². The molecule has 2 unspecified atom stereocenters. The number of benzene rings is 2. The molecule has 0 saturated heterocycles. The molecule has 2 aromatic rings. The average Bonchev–Trinajstić information content (AvgIpc) is 2.73. The minimum Gasteiger partial charge on any atom is -0.102 e. The summed E-state index contributed by atoms with van der Waals surface area (Å²) in [6, 6.07) is 21.5. The summed E-state index contributed by atoms with van der Waals surface area (Å²) in [4.78, 5) is 0.